The second kappa shape index (κ2) is 7.45. The summed E-state index contributed by atoms with van der Waals surface area (Å²) in [5.74, 6) is -0.0509. The first-order valence-corrected chi connectivity index (χ1v) is 8.44. The minimum absolute atomic E-state index is 0.0509. The first-order valence-electron chi connectivity index (χ1n) is 8.44. The zero-order chi connectivity index (χ0) is 16.9. The van der Waals surface area contributed by atoms with Crippen molar-refractivity contribution in [3.63, 3.8) is 0 Å². The van der Waals surface area contributed by atoms with Crippen LogP contribution in [0.5, 0.6) is 0 Å². The summed E-state index contributed by atoms with van der Waals surface area (Å²) in [4.78, 5) is 14.1. The molecule has 0 bridgehead atoms. The molecule has 0 unspecified atom stereocenters. The van der Waals surface area contributed by atoms with Gasteiger partial charge >= 0.3 is 0 Å². The predicted octanol–water partition coefficient (Wildman–Crippen LogP) is 2.64. The number of hydrogen-bond acceptors (Lipinski definition) is 3. The summed E-state index contributed by atoms with van der Waals surface area (Å²) in [6.45, 7) is 6.59. The van der Waals surface area contributed by atoms with Gasteiger partial charge in [-0.25, -0.2) is 5.43 Å². The number of nitrogens with one attached hydrogen (secondary N) is 1. The maximum atomic E-state index is 11.9. The molecule has 2 aromatic rings. The molecule has 0 radical (unpaired) electrons. The number of aromatic nitrogens is 1. The largest absolute Gasteiger partial charge is 0.318 e. The third-order valence-corrected chi connectivity index (χ3v) is 4.44. The van der Waals surface area contributed by atoms with Crippen molar-refractivity contribution in [2.45, 2.75) is 26.7 Å². The summed E-state index contributed by atoms with van der Waals surface area (Å²) in [7, 11) is 0. The van der Waals surface area contributed by atoms with Gasteiger partial charge in [-0.15, -0.1) is 0 Å². The van der Waals surface area contributed by atoms with Gasteiger partial charge in [0.25, 0.3) is 5.91 Å². The molecule has 0 aliphatic carbocycles. The number of hydrazone groups is 1. The highest BCUT2D eigenvalue weighted by atomic mass is 16.2. The van der Waals surface area contributed by atoms with Crippen LogP contribution in [0.3, 0.4) is 0 Å². The van der Waals surface area contributed by atoms with E-state index in [1.54, 1.807) is 6.21 Å². The minimum Gasteiger partial charge on any atom is -0.318 e. The number of aryl methyl sites for hydroxylation is 1. The van der Waals surface area contributed by atoms with Gasteiger partial charge in [0.15, 0.2) is 0 Å². The molecule has 1 fully saturated rings. The highest BCUT2D eigenvalue weighted by Crippen LogP contribution is 2.19. The molecule has 1 amide bonds. The topological polar surface area (TPSA) is 49.6 Å². The summed E-state index contributed by atoms with van der Waals surface area (Å²) in [5.41, 5.74) is 7.02. The number of rotatable bonds is 5. The van der Waals surface area contributed by atoms with E-state index in [2.05, 4.69) is 52.0 Å². The van der Waals surface area contributed by atoms with E-state index >= 15 is 0 Å². The van der Waals surface area contributed by atoms with Crippen molar-refractivity contribution in [2.24, 2.45) is 5.10 Å². The van der Waals surface area contributed by atoms with Crippen LogP contribution in [0.4, 0.5) is 0 Å². The van der Waals surface area contributed by atoms with Gasteiger partial charge in [0.2, 0.25) is 0 Å². The molecule has 24 heavy (non-hydrogen) atoms. The van der Waals surface area contributed by atoms with Crippen LogP contribution in [0.1, 0.15) is 29.8 Å². The fourth-order valence-electron chi connectivity index (χ4n) is 3.25. The van der Waals surface area contributed by atoms with Gasteiger partial charge in [0.05, 0.1) is 12.8 Å². The minimum atomic E-state index is -0.0509. The van der Waals surface area contributed by atoms with Crippen LogP contribution >= 0.6 is 0 Å². The van der Waals surface area contributed by atoms with E-state index < -0.39 is 0 Å². The summed E-state index contributed by atoms with van der Waals surface area (Å²) < 4.78 is 2.19. The van der Waals surface area contributed by atoms with Crippen molar-refractivity contribution in [3.8, 4) is 5.69 Å². The molecule has 1 aliphatic rings. The Hall–Kier alpha value is -2.40. The maximum absolute atomic E-state index is 11.9. The fraction of sp³-hybridized carbons (Fsp3) is 0.368. The van der Waals surface area contributed by atoms with Crippen LogP contribution in [0.2, 0.25) is 0 Å². The first-order chi connectivity index (χ1) is 11.6. The third-order valence-electron chi connectivity index (χ3n) is 4.44. The van der Waals surface area contributed by atoms with Crippen molar-refractivity contribution in [2.75, 3.05) is 19.6 Å². The molecule has 0 saturated carbocycles. The van der Waals surface area contributed by atoms with Gasteiger partial charge in [0.1, 0.15) is 0 Å². The average Bonchev–Trinajstić information content (AvgIpc) is 3.17. The van der Waals surface area contributed by atoms with Gasteiger partial charge in [-0.1, -0.05) is 18.2 Å². The average molecular weight is 324 g/mol. The molecule has 2 heterocycles. The summed E-state index contributed by atoms with van der Waals surface area (Å²) in [6, 6.07) is 12.3. The summed E-state index contributed by atoms with van der Waals surface area (Å²) in [6.07, 6.45) is 4.09. The lowest BCUT2D eigenvalue weighted by atomic mass is 10.2. The van der Waals surface area contributed by atoms with Crippen LogP contribution in [0.25, 0.3) is 5.69 Å². The molecule has 3 rings (SSSR count). The van der Waals surface area contributed by atoms with E-state index in [0.717, 1.165) is 35.7 Å². The lowest BCUT2D eigenvalue weighted by Crippen LogP contribution is -2.33. The van der Waals surface area contributed by atoms with Crippen LogP contribution in [0, 0.1) is 13.8 Å². The molecule has 1 saturated heterocycles. The number of amides is 1. The molecule has 0 atom stereocenters. The Bertz CT molecular complexity index is 727. The van der Waals surface area contributed by atoms with E-state index in [9.17, 15) is 4.79 Å². The van der Waals surface area contributed by atoms with Crippen molar-refractivity contribution < 1.29 is 4.79 Å². The van der Waals surface area contributed by atoms with E-state index in [-0.39, 0.29) is 5.91 Å². The zero-order valence-corrected chi connectivity index (χ0v) is 14.3. The predicted molar refractivity (Wildman–Crippen MR) is 96.7 cm³/mol. The van der Waals surface area contributed by atoms with Gasteiger partial charge < -0.3 is 4.57 Å². The molecule has 1 aromatic heterocycles. The van der Waals surface area contributed by atoms with Crippen LogP contribution < -0.4 is 5.43 Å². The van der Waals surface area contributed by atoms with E-state index in [1.807, 2.05) is 18.2 Å². The van der Waals surface area contributed by atoms with Crippen molar-refractivity contribution in [1.82, 2.24) is 14.9 Å². The zero-order valence-electron chi connectivity index (χ0n) is 14.3. The normalized spacial score (nSPS) is 15.2. The summed E-state index contributed by atoms with van der Waals surface area (Å²) in [5, 5.41) is 4.13. The van der Waals surface area contributed by atoms with Gasteiger partial charge in [-0.05, 0) is 58.0 Å². The Morgan fingerprint density at radius 3 is 2.62 bits per heavy atom. The van der Waals surface area contributed by atoms with E-state index in [4.69, 9.17) is 0 Å². The lowest BCUT2D eigenvalue weighted by molar-refractivity contribution is -0.121. The smallest absolute Gasteiger partial charge is 0.254 e. The van der Waals surface area contributed by atoms with Crippen LogP contribution in [0.15, 0.2) is 41.5 Å². The number of carbonyl (C=O) groups is 1. The van der Waals surface area contributed by atoms with Gasteiger partial charge in [0, 0.05) is 22.6 Å². The summed E-state index contributed by atoms with van der Waals surface area (Å²) >= 11 is 0. The van der Waals surface area contributed by atoms with Crippen molar-refractivity contribution in [1.29, 1.82) is 0 Å². The highest BCUT2D eigenvalue weighted by Gasteiger charge is 2.14. The molecule has 1 N–H and O–H groups in total. The number of nitrogens with zero attached hydrogens (tertiary/aromatic N) is 3. The molecule has 5 heteroatoms. The standard InChI is InChI=1S/C19H24N4O/c1-15-12-17(16(2)23(15)18-8-4-3-5-9-18)13-20-21-19(24)14-22-10-6-7-11-22/h3-5,8-9,12-13H,6-7,10-11,14H2,1-2H3,(H,21,24). The Balaban J connectivity index is 1.66. The quantitative estimate of drug-likeness (QED) is 0.679. The van der Waals surface area contributed by atoms with E-state index in [1.165, 1.54) is 12.8 Å². The SMILES string of the molecule is Cc1cc(C=NNC(=O)CN2CCCC2)c(C)n1-c1ccccc1. The monoisotopic (exact) mass is 324 g/mol. The fourth-order valence-corrected chi connectivity index (χ4v) is 3.25. The van der Waals surface area contributed by atoms with Crippen molar-refractivity contribution in [3.05, 3.63) is 53.3 Å². The van der Waals surface area contributed by atoms with Gasteiger partial charge in [-0.3, -0.25) is 9.69 Å². The highest BCUT2D eigenvalue weighted by molar-refractivity contribution is 5.84. The Morgan fingerprint density at radius 2 is 1.92 bits per heavy atom. The molecular formula is C19H24N4O. The number of benzene rings is 1. The third kappa shape index (κ3) is 3.74. The van der Waals surface area contributed by atoms with Crippen LogP contribution in [-0.2, 0) is 4.79 Å². The van der Waals surface area contributed by atoms with Crippen molar-refractivity contribution >= 4 is 12.1 Å². The molecule has 1 aliphatic heterocycles. The lowest BCUT2D eigenvalue weighted by Gasteiger charge is -2.12. The number of para-hydroxylation sites is 1. The van der Waals surface area contributed by atoms with Crippen LogP contribution in [-0.4, -0.2) is 41.2 Å². The molecule has 126 valence electrons. The molecule has 1 aromatic carbocycles. The van der Waals surface area contributed by atoms with E-state index in [0.29, 0.717) is 6.54 Å². The van der Waals surface area contributed by atoms with Gasteiger partial charge in [-0.2, -0.15) is 5.10 Å². The number of likely N-dealkylation sites (tertiary alicyclic amines) is 1. The number of hydrogen-bond donors (Lipinski definition) is 1. The molecule has 0 spiro atoms. The Kier molecular flexibility index (Phi) is 5.11. The maximum Gasteiger partial charge on any atom is 0.254 e. The first kappa shape index (κ1) is 16.5. The Labute approximate surface area is 143 Å². The Morgan fingerprint density at radius 1 is 1.21 bits per heavy atom. The second-order valence-corrected chi connectivity index (χ2v) is 6.27. The number of carbonyl (C=O) groups excluding carboxylic acids is 1. The second-order valence-electron chi connectivity index (χ2n) is 6.27. The molecule has 5 nitrogen and oxygen atoms in total. The molecular weight excluding hydrogens is 300 g/mol.